The van der Waals surface area contributed by atoms with Crippen LogP contribution in [0.15, 0.2) is 53.4 Å². The molecule has 8 heteroatoms. The van der Waals surface area contributed by atoms with Crippen molar-refractivity contribution in [1.82, 2.24) is 0 Å². The van der Waals surface area contributed by atoms with E-state index in [9.17, 15) is 18.5 Å². The van der Waals surface area contributed by atoms with Gasteiger partial charge >= 0.3 is 0 Å². The minimum Gasteiger partial charge on any atom is -0.388 e. The Labute approximate surface area is 121 Å². The molecule has 0 amide bonds. The highest BCUT2D eigenvalue weighted by Gasteiger charge is 2.24. The van der Waals surface area contributed by atoms with E-state index in [4.69, 9.17) is 0 Å². The summed E-state index contributed by atoms with van der Waals surface area (Å²) >= 11 is 0. The minimum absolute atomic E-state index is 0.326. The van der Waals surface area contributed by atoms with Crippen molar-refractivity contribution in [3.63, 3.8) is 0 Å². The zero-order valence-corrected chi connectivity index (χ0v) is 11.9. The fourth-order valence-electron chi connectivity index (χ4n) is 1.75. The van der Waals surface area contributed by atoms with Gasteiger partial charge in [-0.3, -0.25) is 14.8 Å². The van der Waals surface area contributed by atoms with Crippen LogP contribution in [-0.2, 0) is 10.0 Å². The molecule has 0 spiro atoms. The predicted molar refractivity (Wildman–Crippen MR) is 79.9 cm³/mol. The maximum atomic E-state index is 12.3. The Morgan fingerprint density at radius 1 is 1.00 bits per heavy atom. The zero-order valence-electron chi connectivity index (χ0n) is 11.1. The van der Waals surface area contributed by atoms with Crippen molar-refractivity contribution < 1.29 is 13.3 Å². The lowest BCUT2D eigenvalue weighted by atomic mass is 10.3. The van der Waals surface area contributed by atoms with Gasteiger partial charge in [0.2, 0.25) is 0 Å². The number of benzene rings is 2. The van der Waals surface area contributed by atoms with Crippen molar-refractivity contribution in [1.29, 1.82) is 0 Å². The molecule has 0 fully saturated rings. The summed E-state index contributed by atoms with van der Waals surface area (Å²) in [7, 11) is -2.28. The molecule has 0 heterocycles. The molecule has 2 rings (SSSR count). The monoisotopic (exact) mass is 307 g/mol. The molecule has 110 valence electrons. The van der Waals surface area contributed by atoms with E-state index in [0.29, 0.717) is 5.69 Å². The molecule has 2 aromatic carbocycles. The summed E-state index contributed by atoms with van der Waals surface area (Å²) in [4.78, 5) is 9.82. The van der Waals surface area contributed by atoms with Crippen molar-refractivity contribution in [2.24, 2.45) is 0 Å². The highest BCUT2D eigenvalue weighted by molar-refractivity contribution is 7.92. The largest absolute Gasteiger partial charge is 0.388 e. The van der Waals surface area contributed by atoms with Gasteiger partial charge in [-0.05, 0) is 30.3 Å². The summed E-state index contributed by atoms with van der Waals surface area (Å²) in [6.45, 7) is 0. The van der Waals surface area contributed by atoms with Gasteiger partial charge in [-0.1, -0.05) is 12.1 Å². The summed E-state index contributed by atoms with van der Waals surface area (Å²) in [5, 5.41) is 13.8. The number of nitrogens with zero attached hydrogens (tertiary/aromatic N) is 1. The van der Waals surface area contributed by atoms with E-state index in [1.807, 2.05) is 0 Å². The summed E-state index contributed by atoms with van der Waals surface area (Å²) in [6.07, 6.45) is 0. The number of hydrogen-bond donors (Lipinski definition) is 2. The van der Waals surface area contributed by atoms with E-state index in [-0.39, 0.29) is 4.90 Å². The second kappa shape index (κ2) is 5.80. The van der Waals surface area contributed by atoms with Gasteiger partial charge in [0, 0.05) is 24.5 Å². The van der Waals surface area contributed by atoms with Crippen LogP contribution in [0.2, 0.25) is 0 Å². The van der Waals surface area contributed by atoms with E-state index in [1.54, 1.807) is 31.3 Å². The molecule has 0 unspecified atom stereocenters. The van der Waals surface area contributed by atoms with Crippen LogP contribution >= 0.6 is 0 Å². The Kier molecular flexibility index (Phi) is 4.08. The second-order valence-corrected chi connectivity index (χ2v) is 5.81. The van der Waals surface area contributed by atoms with Gasteiger partial charge in [0.05, 0.1) is 4.92 Å². The van der Waals surface area contributed by atoms with Crippen LogP contribution < -0.4 is 10.0 Å². The van der Waals surface area contributed by atoms with Crippen LogP contribution in [0.4, 0.5) is 17.1 Å². The molecule has 7 nitrogen and oxygen atoms in total. The van der Waals surface area contributed by atoms with Crippen molar-refractivity contribution in [2.75, 3.05) is 17.1 Å². The predicted octanol–water partition coefficient (Wildman–Crippen LogP) is 2.44. The Bertz CT molecular complexity index is 757. The highest BCUT2D eigenvalue weighted by Crippen LogP contribution is 2.25. The number of para-hydroxylation sites is 1. The molecule has 0 saturated carbocycles. The Morgan fingerprint density at radius 2 is 1.57 bits per heavy atom. The van der Waals surface area contributed by atoms with Gasteiger partial charge in [-0.2, -0.15) is 0 Å². The molecular formula is C13H13N3O4S. The molecule has 0 atom stereocenters. The van der Waals surface area contributed by atoms with Crippen molar-refractivity contribution in [3.05, 3.63) is 58.6 Å². The highest BCUT2D eigenvalue weighted by atomic mass is 32.2. The first-order valence-corrected chi connectivity index (χ1v) is 7.46. The van der Waals surface area contributed by atoms with E-state index < -0.39 is 20.6 Å². The van der Waals surface area contributed by atoms with Crippen LogP contribution in [0.25, 0.3) is 0 Å². The first kappa shape index (κ1) is 14.8. The SMILES string of the molecule is CNc1ccc(NS(=O)(=O)c2ccccc2[N+](=O)[O-])cc1. The van der Waals surface area contributed by atoms with Gasteiger partial charge in [0.1, 0.15) is 0 Å². The Balaban J connectivity index is 2.36. The van der Waals surface area contributed by atoms with Crippen LogP contribution in [-0.4, -0.2) is 20.4 Å². The van der Waals surface area contributed by atoms with E-state index in [1.165, 1.54) is 18.2 Å². The van der Waals surface area contributed by atoms with Gasteiger partial charge in [0.25, 0.3) is 15.7 Å². The van der Waals surface area contributed by atoms with Crippen LogP contribution in [0, 0.1) is 10.1 Å². The lowest BCUT2D eigenvalue weighted by Gasteiger charge is -2.09. The number of nitrogens with one attached hydrogen (secondary N) is 2. The van der Waals surface area contributed by atoms with Crippen molar-refractivity contribution >= 4 is 27.1 Å². The van der Waals surface area contributed by atoms with E-state index >= 15 is 0 Å². The third-order valence-corrected chi connectivity index (χ3v) is 4.21. The summed E-state index contributed by atoms with van der Waals surface area (Å²) in [6, 6.07) is 11.7. The lowest BCUT2D eigenvalue weighted by Crippen LogP contribution is -2.14. The Morgan fingerprint density at radius 3 is 2.14 bits per heavy atom. The fourth-order valence-corrected chi connectivity index (χ4v) is 2.98. The van der Waals surface area contributed by atoms with Gasteiger partial charge < -0.3 is 5.32 Å². The average molecular weight is 307 g/mol. The third kappa shape index (κ3) is 3.29. The van der Waals surface area contributed by atoms with Crippen LogP contribution in [0.5, 0.6) is 0 Å². The topological polar surface area (TPSA) is 101 Å². The molecule has 0 saturated heterocycles. The molecule has 0 aliphatic rings. The average Bonchev–Trinajstić information content (AvgIpc) is 2.47. The molecule has 2 aromatic rings. The number of anilines is 2. The molecule has 0 bridgehead atoms. The lowest BCUT2D eigenvalue weighted by molar-refractivity contribution is -0.387. The van der Waals surface area contributed by atoms with E-state index in [0.717, 1.165) is 11.8 Å². The molecule has 0 aliphatic carbocycles. The molecular weight excluding hydrogens is 294 g/mol. The molecule has 0 aromatic heterocycles. The van der Waals surface area contributed by atoms with Crippen LogP contribution in [0.1, 0.15) is 0 Å². The molecule has 0 radical (unpaired) electrons. The van der Waals surface area contributed by atoms with Crippen LogP contribution in [0.3, 0.4) is 0 Å². The summed E-state index contributed by atoms with van der Waals surface area (Å²) in [5.41, 5.74) is 0.688. The van der Waals surface area contributed by atoms with Gasteiger partial charge in [-0.25, -0.2) is 8.42 Å². The number of nitro benzene ring substituents is 1. The maximum Gasteiger partial charge on any atom is 0.289 e. The summed E-state index contributed by atoms with van der Waals surface area (Å²) in [5.74, 6) is 0. The zero-order chi connectivity index (χ0) is 15.5. The smallest absolute Gasteiger partial charge is 0.289 e. The normalized spacial score (nSPS) is 10.9. The second-order valence-electron chi connectivity index (χ2n) is 4.16. The van der Waals surface area contributed by atoms with Gasteiger partial charge in [0.15, 0.2) is 4.90 Å². The maximum absolute atomic E-state index is 12.3. The Hall–Kier alpha value is -2.61. The van der Waals surface area contributed by atoms with Gasteiger partial charge in [-0.15, -0.1) is 0 Å². The van der Waals surface area contributed by atoms with Crippen molar-refractivity contribution in [3.8, 4) is 0 Å². The molecule has 2 N–H and O–H groups in total. The first-order valence-electron chi connectivity index (χ1n) is 5.98. The molecule has 21 heavy (non-hydrogen) atoms. The third-order valence-electron chi connectivity index (χ3n) is 2.78. The number of nitro groups is 1. The fraction of sp³-hybridized carbons (Fsp3) is 0.0769. The molecule has 0 aliphatic heterocycles. The van der Waals surface area contributed by atoms with E-state index in [2.05, 4.69) is 10.0 Å². The first-order chi connectivity index (χ1) is 9.94. The van der Waals surface area contributed by atoms with Crippen molar-refractivity contribution in [2.45, 2.75) is 4.90 Å². The minimum atomic E-state index is -4.02. The quantitative estimate of drug-likeness (QED) is 0.652. The summed E-state index contributed by atoms with van der Waals surface area (Å²) < 4.78 is 26.8. The standard InChI is InChI=1S/C13H13N3O4S/c1-14-10-6-8-11(9-7-10)15-21(19,20)13-5-3-2-4-12(13)16(17)18/h2-9,14-15H,1H3. The number of hydrogen-bond acceptors (Lipinski definition) is 5. The number of sulfonamides is 1. The number of rotatable bonds is 5.